The van der Waals surface area contributed by atoms with E-state index in [0.717, 1.165) is 22.6 Å². The third kappa shape index (κ3) is 2.56. The fourth-order valence-electron chi connectivity index (χ4n) is 4.01. The average molecular weight is 312 g/mol. The summed E-state index contributed by atoms with van der Waals surface area (Å²) < 4.78 is 0. The maximum Gasteiger partial charge on any atom is -0.000946 e. The molecule has 4 atom stereocenters. The van der Waals surface area contributed by atoms with Gasteiger partial charge in [-0.25, -0.2) is 0 Å². The fraction of sp³-hybridized carbons (Fsp3) is 0.750. The van der Waals surface area contributed by atoms with Crippen molar-refractivity contribution in [2.45, 2.75) is 76.0 Å². The molecule has 0 aromatic carbocycles. The van der Waals surface area contributed by atoms with Gasteiger partial charge in [-0.3, -0.25) is 0 Å². The summed E-state index contributed by atoms with van der Waals surface area (Å²) in [6.45, 7) is 10.0. The zero-order valence-electron chi connectivity index (χ0n) is 12.6. The third-order valence-electron chi connectivity index (χ3n) is 5.08. The van der Waals surface area contributed by atoms with E-state index in [4.69, 9.17) is 0 Å². The van der Waals surface area contributed by atoms with Crippen molar-refractivity contribution < 1.29 is 0 Å². The van der Waals surface area contributed by atoms with Crippen LogP contribution in [0, 0.1) is 0 Å². The lowest BCUT2D eigenvalue weighted by atomic mass is 10.2. The first kappa shape index (κ1) is 14.5. The molecule has 0 nitrogen and oxygen atoms in total. The van der Waals surface area contributed by atoms with Crippen LogP contribution in [0.4, 0.5) is 0 Å². The molecule has 0 aliphatic carbocycles. The van der Waals surface area contributed by atoms with Crippen LogP contribution in [0.2, 0.25) is 0 Å². The monoisotopic (exact) mass is 312 g/mol. The molecule has 1 aromatic rings. The van der Waals surface area contributed by atoms with Gasteiger partial charge in [0.2, 0.25) is 0 Å². The largest absolute Gasteiger partial charge is 0.151 e. The topological polar surface area (TPSA) is 0 Å². The summed E-state index contributed by atoms with van der Waals surface area (Å²) in [6, 6.07) is 0. The first-order valence-electron chi connectivity index (χ1n) is 7.72. The van der Waals surface area contributed by atoms with Crippen LogP contribution in [0.25, 0.3) is 0 Å². The van der Waals surface area contributed by atoms with Crippen molar-refractivity contribution in [2.75, 3.05) is 0 Å². The van der Waals surface area contributed by atoms with E-state index in [1.165, 1.54) is 25.7 Å². The van der Waals surface area contributed by atoms with E-state index in [1.807, 2.05) is 21.9 Å². The van der Waals surface area contributed by atoms with E-state index < -0.39 is 0 Å². The summed E-state index contributed by atoms with van der Waals surface area (Å²) >= 11 is 1.98. The lowest BCUT2D eigenvalue weighted by Crippen LogP contribution is -2.25. The quantitative estimate of drug-likeness (QED) is 0.666. The molecule has 2 aliphatic heterocycles. The van der Waals surface area contributed by atoms with Crippen LogP contribution in [0.15, 0.2) is 10.8 Å². The second kappa shape index (κ2) is 5.75. The van der Waals surface area contributed by atoms with E-state index in [2.05, 4.69) is 38.5 Å². The molecule has 19 heavy (non-hydrogen) atoms. The number of thiophene rings is 1. The van der Waals surface area contributed by atoms with Crippen molar-refractivity contribution in [2.24, 2.45) is 0 Å². The Morgan fingerprint density at radius 3 is 1.37 bits per heavy atom. The molecule has 0 amide bonds. The molecule has 2 saturated heterocycles. The Kier molecular flexibility index (Phi) is 4.38. The van der Waals surface area contributed by atoms with Gasteiger partial charge >= 0.3 is 0 Å². The van der Waals surface area contributed by atoms with Crippen molar-refractivity contribution in [3.8, 4) is 0 Å². The molecule has 3 rings (SSSR count). The predicted octanol–water partition coefficient (Wildman–Crippen LogP) is 5.10. The molecule has 2 unspecified atom stereocenters. The number of hydrogen-bond donors (Lipinski definition) is 0. The highest BCUT2D eigenvalue weighted by Crippen LogP contribution is 2.59. The zero-order chi connectivity index (χ0) is 13.6. The van der Waals surface area contributed by atoms with Gasteiger partial charge < -0.3 is 0 Å². The summed E-state index contributed by atoms with van der Waals surface area (Å²) in [5.74, 6) is 0. The maximum atomic E-state index is 2.53. The second-order valence-corrected chi connectivity index (χ2v) is 13.4. The van der Waals surface area contributed by atoms with Crippen LogP contribution in [0.3, 0.4) is 0 Å². The van der Waals surface area contributed by atoms with Crippen LogP contribution in [-0.2, 0) is 0 Å². The van der Waals surface area contributed by atoms with Crippen LogP contribution >= 0.6 is 27.2 Å². The fourth-order valence-corrected chi connectivity index (χ4v) is 12.8. The standard InChI is InChI=1S/C16H26P2S/c1-11-5-6-12(2)17(11)15-9-19-10-16(15)18-13(3)7-8-14(18)4/h9-14H,5-8H2,1-4H3/t11-,12-,13?,14?,18?/m1/s1. The van der Waals surface area contributed by atoms with Gasteiger partial charge in [0.15, 0.2) is 0 Å². The molecular formula is C16H26P2S. The van der Waals surface area contributed by atoms with Gasteiger partial charge in [-0.2, -0.15) is 11.3 Å². The molecule has 2 fully saturated rings. The molecule has 3 heteroatoms. The molecule has 2 aliphatic rings. The lowest BCUT2D eigenvalue weighted by Gasteiger charge is -2.27. The van der Waals surface area contributed by atoms with Crippen LogP contribution in [0.1, 0.15) is 53.4 Å². The van der Waals surface area contributed by atoms with Gasteiger partial charge in [0, 0.05) is 0 Å². The molecule has 0 saturated carbocycles. The van der Waals surface area contributed by atoms with Gasteiger partial charge in [0.1, 0.15) is 0 Å². The smallest absolute Gasteiger partial charge is 0.000946 e. The molecule has 1 aromatic heterocycles. The van der Waals surface area contributed by atoms with E-state index in [-0.39, 0.29) is 15.8 Å². The Morgan fingerprint density at radius 2 is 1.05 bits per heavy atom. The number of hydrogen-bond acceptors (Lipinski definition) is 1. The SMILES string of the molecule is CC1CCC(C)P1c1cscc1P1[C@H](C)CC[C@H]1C. The first-order valence-corrected chi connectivity index (χ1v) is 11.6. The Hall–Kier alpha value is 0.560. The normalized spacial score (nSPS) is 40.1. The van der Waals surface area contributed by atoms with Crippen molar-refractivity contribution in [3.63, 3.8) is 0 Å². The summed E-state index contributed by atoms with van der Waals surface area (Å²) in [5, 5.41) is 8.70. The molecule has 0 spiro atoms. The van der Waals surface area contributed by atoms with Gasteiger partial charge in [0.25, 0.3) is 0 Å². The molecule has 106 valence electrons. The van der Waals surface area contributed by atoms with Crippen molar-refractivity contribution >= 4 is 37.8 Å². The molecule has 0 bridgehead atoms. The van der Waals surface area contributed by atoms with E-state index >= 15 is 0 Å². The minimum Gasteiger partial charge on any atom is -0.151 e. The highest BCUT2D eigenvalue weighted by atomic mass is 32.1. The van der Waals surface area contributed by atoms with E-state index in [9.17, 15) is 0 Å². The van der Waals surface area contributed by atoms with Gasteiger partial charge in [-0.1, -0.05) is 43.5 Å². The molecule has 3 heterocycles. The van der Waals surface area contributed by atoms with E-state index in [0.29, 0.717) is 0 Å². The summed E-state index contributed by atoms with van der Waals surface area (Å²) in [5.41, 5.74) is 3.84. The Balaban J connectivity index is 1.94. The lowest BCUT2D eigenvalue weighted by molar-refractivity contribution is 0.777. The van der Waals surface area contributed by atoms with Crippen LogP contribution in [0.5, 0.6) is 0 Å². The molecular weight excluding hydrogens is 286 g/mol. The molecule has 0 radical (unpaired) electrons. The molecule has 0 N–H and O–H groups in total. The van der Waals surface area contributed by atoms with Gasteiger partial charge in [0.05, 0.1) is 0 Å². The van der Waals surface area contributed by atoms with Crippen molar-refractivity contribution in [3.05, 3.63) is 10.8 Å². The second-order valence-electron chi connectivity index (χ2n) is 6.51. The Labute approximate surface area is 124 Å². The van der Waals surface area contributed by atoms with Gasteiger partial charge in [-0.05, 0) is 69.7 Å². The highest BCUT2D eigenvalue weighted by molar-refractivity contribution is 7.74. The number of rotatable bonds is 2. The minimum atomic E-state index is 0.126. The summed E-state index contributed by atoms with van der Waals surface area (Å²) in [7, 11) is 0.252. The van der Waals surface area contributed by atoms with Crippen LogP contribution < -0.4 is 10.6 Å². The van der Waals surface area contributed by atoms with Crippen molar-refractivity contribution in [1.29, 1.82) is 0 Å². The summed E-state index contributed by atoms with van der Waals surface area (Å²) in [6.07, 6.45) is 5.85. The Morgan fingerprint density at radius 1 is 0.737 bits per heavy atom. The maximum absolute atomic E-state index is 2.53. The summed E-state index contributed by atoms with van der Waals surface area (Å²) in [4.78, 5) is 0. The zero-order valence-corrected chi connectivity index (χ0v) is 15.2. The predicted molar refractivity (Wildman–Crippen MR) is 93.7 cm³/mol. The van der Waals surface area contributed by atoms with E-state index in [1.54, 1.807) is 0 Å². The average Bonchev–Trinajstić information content (AvgIpc) is 3.02. The third-order valence-corrected chi connectivity index (χ3v) is 13.0. The van der Waals surface area contributed by atoms with Gasteiger partial charge in [-0.15, -0.1) is 0 Å². The minimum absolute atomic E-state index is 0.126. The highest BCUT2D eigenvalue weighted by Gasteiger charge is 2.38. The Bertz CT molecular complexity index is 383. The first-order chi connectivity index (χ1) is 9.09. The van der Waals surface area contributed by atoms with Crippen LogP contribution in [-0.4, -0.2) is 22.6 Å². The van der Waals surface area contributed by atoms with Crippen molar-refractivity contribution in [1.82, 2.24) is 0 Å².